The maximum absolute atomic E-state index is 12.2. The first-order valence-corrected chi connectivity index (χ1v) is 6.50. The monoisotopic (exact) mass is 327 g/mol. The van der Waals surface area contributed by atoms with Crippen molar-refractivity contribution in [3.05, 3.63) is 22.7 Å². The van der Waals surface area contributed by atoms with E-state index in [1.807, 2.05) is 0 Å². The topological polar surface area (TPSA) is 39.7 Å². The fourth-order valence-corrected chi connectivity index (χ4v) is 1.86. The summed E-state index contributed by atoms with van der Waals surface area (Å²) in [6, 6.07) is 3.12. The van der Waals surface area contributed by atoms with Crippen molar-refractivity contribution in [2.24, 2.45) is 0 Å². The number of ether oxygens (including phenoxy) is 3. The number of benzene rings is 1. The van der Waals surface area contributed by atoms with Crippen LogP contribution in [0.25, 0.3) is 0 Å². The van der Waals surface area contributed by atoms with E-state index in [2.05, 4.69) is 5.32 Å². The molecule has 4 nitrogen and oxygen atoms in total. The lowest BCUT2D eigenvalue weighted by atomic mass is 10.2. The van der Waals surface area contributed by atoms with Crippen LogP contribution < -0.4 is 14.8 Å². The van der Waals surface area contributed by atoms with Crippen LogP contribution in [-0.4, -0.2) is 40.2 Å². The zero-order valence-electron chi connectivity index (χ0n) is 11.7. The molecular weight excluding hydrogens is 311 g/mol. The fourth-order valence-electron chi connectivity index (χ4n) is 1.58. The molecule has 0 aliphatic heterocycles. The normalized spacial score (nSPS) is 11.5. The molecule has 0 fully saturated rings. The van der Waals surface area contributed by atoms with Crippen molar-refractivity contribution < 1.29 is 27.4 Å². The van der Waals surface area contributed by atoms with Gasteiger partial charge in [0.25, 0.3) is 0 Å². The highest BCUT2D eigenvalue weighted by molar-refractivity contribution is 6.32. The predicted octanol–water partition coefficient (Wildman–Crippen LogP) is 3.03. The van der Waals surface area contributed by atoms with E-state index in [1.54, 1.807) is 13.2 Å². The molecule has 0 aliphatic carbocycles. The van der Waals surface area contributed by atoms with E-state index in [1.165, 1.54) is 13.2 Å². The molecule has 0 spiro atoms. The number of alkyl halides is 3. The van der Waals surface area contributed by atoms with Crippen molar-refractivity contribution in [1.29, 1.82) is 0 Å². The fraction of sp³-hybridized carbons (Fsp3) is 0.538. The SMILES string of the molecule is COCCNCc1cc(Cl)c(OCC(F)(F)F)c(OC)c1. The van der Waals surface area contributed by atoms with E-state index in [9.17, 15) is 13.2 Å². The average Bonchev–Trinajstić information content (AvgIpc) is 2.40. The molecule has 1 aromatic carbocycles. The lowest BCUT2D eigenvalue weighted by molar-refractivity contribution is -0.153. The largest absolute Gasteiger partial charge is 0.493 e. The summed E-state index contributed by atoms with van der Waals surface area (Å²) in [7, 11) is 2.93. The molecule has 120 valence electrons. The standard InChI is InChI=1S/C13H17ClF3NO3/c1-19-4-3-18-7-9-5-10(14)12(11(6-9)20-2)21-8-13(15,16)17/h5-6,18H,3-4,7-8H2,1-2H3. The summed E-state index contributed by atoms with van der Waals surface area (Å²) in [5, 5.41) is 3.17. The summed E-state index contributed by atoms with van der Waals surface area (Å²) in [6.45, 7) is 0.258. The number of hydrogen-bond acceptors (Lipinski definition) is 4. The zero-order chi connectivity index (χ0) is 15.9. The lowest BCUT2D eigenvalue weighted by Gasteiger charge is -2.15. The van der Waals surface area contributed by atoms with Gasteiger partial charge in [0.1, 0.15) is 0 Å². The van der Waals surface area contributed by atoms with E-state index in [4.69, 9.17) is 25.8 Å². The highest BCUT2D eigenvalue weighted by atomic mass is 35.5. The summed E-state index contributed by atoms with van der Waals surface area (Å²) in [4.78, 5) is 0. The molecule has 8 heteroatoms. The molecule has 0 aliphatic rings. The predicted molar refractivity (Wildman–Crippen MR) is 73.1 cm³/mol. The van der Waals surface area contributed by atoms with Crippen LogP contribution >= 0.6 is 11.6 Å². The second kappa shape index (κ2) is 8.31. The summed E-state index contributed by atoms with van der Waals surface area (Å²) < 4.78 is 51.2. The third kappa shape index (κ3) is 6.41. The first kappa shape index (κ1) is 17.9. The molecule has 1 aromatic rings. The Balaban J connectivity index is 2.77. The summed E-state index contributed by atoms with van der Waals surface area (Å²) in [5.41, 5.74) is 0.771. The Kier molecular flexibility index (Phi) is 7.07. The molecule has 0 bridgehead atoms. The van der Waals surface area contributed by atoms with E-state index >= 15 is 0 Å². The number of nitrogens with one attached hydrogen (secondary N) is 1. The Morgan fingerprint density at radius 1 is 1.24 bits per heavy atom. The van der Waals surface area contributed by atoms with Crippen LogP contribution in [0, 0.1) is 0 Å². The Labute approximate surface area is 126 Å². The van der Waals surface area contributed by atoms with Gasteiger partial charge >= 0.3 is 6.18 Å². The quantitative estimate of drug-likeness (QED) is 0.745. The van der Waals surface area contributed by atoms with Crippen LogP contribution in [-0.2, 0) is 11.3 Å². The van der Waals surface area contributed by atoms with Crippen molar-refractivity contribution in [3.8, 4) is 11.5 Å². The van der Waals surface area contributed by atoms with Gasteiger partial charge in [0.05, 0.1) is 18.7 Å². The van der Waals surface area contributed by atoms with Gasteiger partial charge in [-0.15, -0.1) is 0 Å². The number of halogens is 4. The first-order chi connectivity index (χ1) is 9.87. The van der Waals surface area contributed by atoms with E-state index in [0.29, 0.717) is 19.7 Å². The minimum Gasteiger partial charge on any atom is -0.493 e. The molecule has 0 unspecified atom stereocenters. The van der Waals surface area contributed by atoms with Crippen LogP contribution in [0.4, 0.5) is 13.2 Å². The van der Waals surface area contributed by atoms with Gasteiger partial charge in [0, 0.05) is 20.2 Å². The summed E-state index contributed by atoms with van der Waals surface area (Å²) in [6.07, 6.45) is -4.44. The first-order valence-electron chi connectivity index (χ1n) is 6.13. The van der Waals surface area contributed by atoms with Gasteiger partial charge in [-0.25, -0.2) is 0 Å². The maximum Gasteiger partial charge on any atom is 0.422 e. The molecule has 0 aromatic heterocycles. The van der Waals surface area contributed by atoms with Crippen molar-refractivity contribution in [2.75, 3.05) is 34.0 Å². The van der Waals surface area contributed by atoms with Crippen LogP contribution in [0.5, 0.6) is 11.5 Å². The van der Waals surface area contributed by atoms with Crippen LogP contribution in [0.1, 0.15) is 5.56 Å². The Hall–Kier alpha value is -1.18. The molecule has 1 rings (SSSR count). The van der Waals surface area contributed by atoms with Gasteiger partial charge in [0.15, 0.2) is 18.1 Å². The number of hydrogen-bond donors (Lipinski definition) is 1. The third-order valence-electron chi connectivity index (χ3n) is 2.48. The lowest BCUT2D eigenvalue weighted by Crippen LogP contribution is -2.20. The van der Waals surface area contributed by atoms with Crippen molar-refractivity contribution in [3.63, 3.8) is 0 Å². The third-order valence-corrected chi connectivity index (χ3v) is 2.76. The van der Waals surface area contributed by atoms with Gasteiger partial charge in [-0.05, 0) is 17.7 Å². The van der Waals surface area contributed by atoms with Crippen molar-refractivity contribution in [2.45, 2.75) is 12.7 Å². The highest BCUT2D eigenvalue weighted by Crippen LogP contribution is 2.37. The Morgan fingerprint density at radius 2 is 1.95 bits per heavy atom. The molecule has 0 saturated carbocycles. The highest BCUT2D eigenvalue weighted by Gasteiger charge is 2.29. The molecule has 0 saturated heterocycles. The maximum atomic E-state index is 12.2. The van der Waals surface area contributed by atoms with Crippen molar-refractivity contribution in [1.82, 2.24) is 5.32 Å². The second-order valence-corrected chi connectivity index (χ2v) is 4.59. The summed E-state index contributed by atoms with van der Waals surface area (Å²) in [5.74, 6) is 0.0485. The smallest absolute Gasteiger partial charge is 0.422 e. The van der Waals surface area contributed by atoms with Crippen LogP contribution in [0.3, 0.4) is 0 Å². The molecule has 1 N–H and O–H groups in total. The molecule has 21 heavy (non-hydrogen) atoms. The zero-order valence-corrected chi connectivity index (χ0v) is 12.5. The molecular formula is C13H17ClF3NO3. The molecule has 0 amide bonds. The molecule has 0 atom stereocenters. The Bertz CT molecular complexity index is 455. The van der Waals surface area contributed by atoms with Gasteiger partial charge in [-0.2, -0.15) is 13.2 Å². The van der Waals surface area contributed by atoms with Gasteiger partial charge < -0.3 is 19.5 Å². The van der Waals surface area contributed by atoms with Crippen molar-refractivity contribution >= 4 is 11.6 Å². The minimum absolute atomic E-state index is 0.0714. The molecule has 0 radical (unpaired) electrons. The minimum atomic E-state index is -4.44. The van der Waals surface area contributed by atoms with Gasteiger partial charge in [0.2, 0.25) is 0 Å². The van der Waals surface area contributed by atoms with Gasteiger partial charge in [-0.1, -0.05) is 11.6 Å². The Morgan fingerprint density at radius 3 is 2.52 bits per heavy atom. The average molecular weight is 328 g/mol. The van der Waals surface area contributed by atoms with E-state index in [-0.39, 0.29) is 16.5 Å². The van der Waals surface area contributed by atoms with Crippen LogP contribution in [0.15, 0.2) is 12.1 Å². The molecule has 0 heterocycles. The van der Waals surface area contributed by atoms with Crippen LogP contribution in [0.2, 0.25) is 5.02 Å². The van der Waals surface area contributed by atoms with E-state index < -0.39 is 12.8 Å². The summed E-state index contributed by atoms with van der Waals surface area (Å²) >= 11 is 5.96. The van der Waals surface area contributed by atoms with E-state index in [0.717, 1.165) is 5.56 Å². The second-order valence-electron chi connectivity index (χ2n) is 4.18. The number of methoxy groups -OCH3 is 2. The van der Waals surface area contributed by atoms with Gasteiger partial charge in [-0.3, -0.25) is 0 Å². The number of rotatable bonds is 8.